The first-order valence-electron chi connectivity index (χ1n) is 8.63. The Morgan fingerprint density at radius 2 is 2.00 bits per heavy atom. The first kappa shape index (κ1) is 19.4. The summed E-state index contributed by atoms with van der Waals surface area (Å²) in [4.78, 5) is 12.6. The SMILES string of the molecule is CCc1ccc(C(=O)[C@@H](C)Sc2nnc(Nc3cccc(OC)c3)s2)cc1. The van der Waals surface area contributed by atoms with Crippen LogP contribution < -0.4 is 10.1 Å². The Morgan fingerprint density at radius 3 is 2.70 bits per heavy atom. The number of hydrogen-bond donors (Lipinski definition) is 1. The number of hydrogen-bond acceptors (Lipinski definition) is 7. The molecule has 3 rings (SSSR count). The number of anilines is 2. The summed E-state index contributed by atoms with van der Waals surface area (Å²) in [5.74, 6) is 0.868. The van der Waals surface area contributed by atoms with E-state index in [0.717, 1.165) is 27.8 Å². The van der Waals surface area contributed by atoms with E-state index >= 15 is 0 Å². The molecule has 0 saturated carbocycles. The number of aromatic nitrogens is 2. The molecule has 5 nitrogen and oxygen atoms in total. The second-order valence-electron chi connectivity index (χ2n) is 5.90. The maximum atomic E-state index is 12.6. The predicted octanol–water partition coefficient (Wildman–Crippen LogP) is 5.22. The van der Waals surface area contributed by atoms with Crippen LogP contribution in [-0.2, 0) is 6.42 Å². The number of benzene rings is 2. The molecule has 2 aromatic carbocycles. The number of carbonyl (C=O) groups is 1. The van der Waals surface area contributed by atoms with Crippen LogP contribution in [-0.4, -0.2) is 28.3 Å². The Balaban J connectivity index is 1.62. The number of rotatable bonds is 8. The van der Waals surface area contributed by atoms with Crippen LogP contribution in [0, 0.1) is 0 Å². The van der Waals surface area contributed by atoms with Gasteiger partial charge in [-0.1, -0.05) is 60.4 Å². The number of thioether (sulfide) groups is 1. The van der Waals surface area contributed by atoms with Gasteiger partial charge in [-0.2, -0.15) is 0 Å². The molecule has 0 amide bonds. The van der Waals surface area contributed by atoms with Crippen molar-refractivity contribution in [1.82, 2.24) is 10.2 Å². The lowest BCUT2D eigenvalue weighted by Crippen LogP contribution is -2.13. The van der Waals surface area contributed by atoms with Gasteiger partial charge in [0.05, 0.1) is 12.4 Å². The van der Waals surface area contributed by atoms with Crippen molar-refractivity contribution in [3.8, 4) is 5.75 Å². The fourth-order valence-electron chi connectivity index (χ4n) is 2.48. The summed E-state index contributed by atoms with van der Waals surface area (Å²) in [7, 11) is 1.63. The van der Waals surface area contributed by atoms with Crippen molar-refractivity contribution >= 4 is 39.7 Å². The van der Waals surface area contributed by atoms with E-state index < -0.39 is 0 Å². The van der Waals surface area contributed by atoms with Crippen molar-refractivity contribution in [2.24, 2.45) is 0 Å². The van der Waals surface area contributed by atoms with Gasteiger partial charge in [0, 0.05) is 17.3 Å². The third-order valence-electron chi connectivity index (χ3n) is 4.02. The largest absolute Gasteiger partial charge is 0.497 e. The summed E-state index contributed by atoms with van der Waals surface area (Å²) in [5.41, 5.74) is 2.83. The van der Waals surface area contributed by atoms with E-state index in [4.69, 9.17) is 4.74 Å². The van der Waals surface area contributed by atoms with Crippen molar-refractivity contribution < 1.29 is 9.53 Å². The highest BCUT2D eigenvalue weighted by Crippen LogP contribution is 2.32. The lowest BCUT2D eigenvalue weighted by atomic mass is 10.1. The molecule has 1 N–H and O–H groups in total. The predicted molar refractivity (Wildman–Crippen MR) is 112 cm³/mol. The highest BCUT2D eigenvalue weighted by Gasteiger charge is 2.19. The fraction of sp³-hybridized carbons (Fsp3) is 0.250. The Labute approximate surface area is 167 Å². The number of aryl methyl sites for hydroxylation is 1. The number of nitrogens with one attached hydrogen (secondary N) is 1. The van der Waals surface area contributed by atoms with Gasteiger partial charge in [-0.05, 0) is 31.0 Å². The summed E-state index contributed by atoms with van der Waals surface area (Å²) in [6, 6.07) is 15.4. The Hall–Kier alpha value is -2.38. The normalized spacial score (nSPS) is 11.8. The van der Waals surface area contributed by atoms with Crippen molar-refractivity contribution in [1.29, 1.82) is 0 Å². The highest BCUT2D eigenvalue weighted by atomic mass is 32.2. The average molecular weight is 400 g/mol. The van der Waals surface area contributed by atoms with E-state index in [2.05, 4.69) is 22.4 Å². The molecule has 1 heterocycles. The smallest absolute Gasteiger partial charge is 0.210 e. The molecule has 0 fully saturated rings. The molecule has 3 aromatic rings. The topological polar surface area (TPSA) is 64.1 Å². The zero-order chi connectivity index (χ0) is 19.2. The molecule has 0 saturated heterocycles. The fourth-order valence-corrected chi connectivity index (χ4v) is 4.47. The van der Waals surface area contributed by atoms with E-state index in [1.54, 1.807) is 7.11 Å². The molecular formula is C20H21N3O2S2. The van der Waals surface area contributed by atoms with Gasteiger partial charge in [-0.3, -0.25) is 4.79 Å². The Kier molecular flexibility index (Phi) is 6.47. The van der Waals surface area contributed by atoms with Gasteiger partial charge in [0.15, 0.2) is 10.1 Å². The minimum absolute atomic E-state index is 0.0974. The van der Waals surface area contributed by atoms with Crippen LogP contribution in [0.2, 0.25) is 0 Å². The lowest BCUT2D eigenvalue weighted by molar-refractivity contribution is 0.0994. The second-order valence-corrected chi connectivity index (χ2v) is 8.47. The molecule has 0 unspecified atom stereocenters. The summed E-state index contributed by atoms with van der Waals surface area (Å²) in [6.07, 6.45) is 0.965. The van der Waals surface area contributed by atoms with Crippen molar-refractivity contribution in [3.63, 3.8) is 0 Å². The Bertz CT molecular complexity index is 910. The minimum Gasteiger partial charge on any atom is -0.497 e. The van der Waals surface area contributed by atoms with Crippen molar-refractivity contribution in [2.45, 2.75) is 29.9 Å². The third kappa shape index (κ3) is 5.08. The maximum Gasteiger partial charge on any atom is 0.210 e. The minimum atomic E-state index is -0.227. The Morgan fingerprint density at radius 1 is 1.22 bits per heavy atom. The van der Waals surface area contributed by atoms with Crippen LogP contribution in [0.4, 0.5) is 10.8 Å². The van der Waals surface area contributed by atoms with Gasteiger partial charge in [0.25, 0.3) is 0 Å². The van der Waals surface area contributed by atoms with Crippen LogP contribution in [0.3, 0.4) is 0 Å². The van der Waals surface area contributed by atoms with Crippen LogP contribution in [0.25, 0.3) is 0 Å². The van der Waals surface area contributed by atoms with E-state index in [9.17, 15) is 4.79 Å². The first-order chi connectivity index (χ1) is 13.1. The number of ketones is 1. The number of nitrogens with zero attached hydrogens (tertiary/aromatic N) is 2. The van der Waals surface area contributed by atoms with Crippen molar-refractivity contribution in [3.05, 3.63) is 59.7 Å². The van der Waals surface area contributed by atoms with Gasteiger partial charge in [0.1, 0.15) is 5.75 Å². The molecule has 7 heteroatoms. The lowest BCUT2D eigenvalue weighted by Gasteiger charge is -2.08. The average Bonchev–Trinajstić information content (AvgIpc) is 3.14. The molecule has 0 aliphatic rings. The van der Waals surface area contributed by atoms with E-state index in [0.29, 0.717) is 5.13 Å². The van der Waals surface area contributed by atoms with Crippen molar-refractivity contribution in [2.75, 3.05) is 12.4 Å². The van der Waals surface area contributed by atoms with Gasteiger partial charge >= 0.3 is 0 Å². The van der Waals surface area contributed by atoms with E-state index in [1.165, 1.54) is 28.7 Å². The standard InChI is InChI=1S/C20H21N3O2S2/c1-4-14-8-10-15(11-9-14)18(24)13(2)26-20-23-22-19(27-20)21-16-6-5-7-17(12-16)25-3/h5-13H,4H2,1-3H3,(H,21,22)/t13-/m1/s1. The quantitative estimate of drug-likeness (QED) is 0.414. The first-order valence-corrected chi connectivity index (χ1v) is 10.3. The second kappa shape index (κ2) is 9.01. The number of methoxy groups -OCH3 is 1. The monoisotopic (exact) mass is 399 g/mol. The number of ether oxygens (including phenoxy) is 1. The molecule has 1 atom stereocenters. The summed E-state index contributed by atoms with van der Waals surface area (Å²) in [5, 5.41) is 12.0. The number of Topliss-reactive ketones (excluding diaryl/α,β-unsaturated/α-hetero) is 1. The molecule has 0 bridgehead atoms. The zero-order valence-corrected chi connectivity index (χ0v) is 17.1. The molecule has 27 heavy (non-hydrogen) atoms. The molecular weight excluding hydrogens is 378 g/mol. The summed E-state index contributed by atoms with van der Waals surface area (Å²) < 4.78 is 5.97. The number of carbonyl (C=O) groups excluding carboxylic acids is 1. The highest BCUT2D eigenvalue weighted by molar-refractivity contribution is 8.02. The van der Waals surface area contributed by atoms with Gasteiger partial charge < -0.3 is 10.1 Å². The molecule has 140 valence electrons. The van der Waals surface area contributed by atoms with Crippen LogP contribution in [0.15, 0.2) is 52.9 Å². The third-order valence-corrected chi connectivity index (χ3v) is 6.04. The van der Waals surface area contributed by atoms with Crippen LogP contribution in [0.5, 0.6) is 5.75 Å². The maximum absolute atomic E-state index is 12.6. The van der Waals surface area contributed by atoms with Crippen LogP contribution in [0.1, 0.15) is 29.8 Å². The molecule has 0 radical (unpaired) electrons. The van der Waals surface area contributed by atoms with Gasteiger partial charge in [-0.15, -0.1) is 10.2 Å². The molecule has 0 aliphatic heterocycles. The van der Waals surface area contributed by atoms with Gasteiger partial charge in [-0.25, -0.2) is 0 Å². The molecule has 0 spiro atoms. The van der Waals surface area contributed by atoms with Crippen LogP contribution >= 0.6 is 23.1 Å². The zero-order valence-electron chi connectivity index (χ0n) is 15.4. The molecule has 0 aliphatic carbocycles. The van der Waals surface area contributed by atoms with E-state index in [1.807, 2.05) is 55.5 Å². The van der Waals surface area contributed by atoms with E-state index in [-0.39, 0.29) is 11.0 Å². The summed E-state index contributed by atoms with van der Waals surface area (Å²) in [6.45, 7) is 4.00. The van der Waals surface area contributed by atoms with Gasteiger partial charge in [0.2, 0.25) is 5.13 Å². The summed E-state index contributed by atoms with van der Waals surface area (Å²) >= 11 is 2.85. The molecule has 1 aromatic heterocycles.